The summed E-state index contributed by atoms with van der Waals surface area (Å²) in [6.45, 7) is 6.29. The van der Waals surface area contributed by atoms with Gasteiger partial charge in [-0.25, -0.2) is 0 Å². The minimum Gasteiger partial charge on any atom is -0.481 e. The van der Waals surface area contributed by atoms with Crippen molar-refractivity contribution in [3.8, 4) is 0 Å². The predicted octanol–water partition coefficient (Wildman–Crippen LogP) is 1.87. The average molecular weight is 378 g/mol. The predicted molar refractivity (Wildman–Crippen MR) is 100 cm³/mol. The van der Waals surface area contributed by atoms with Crippen LogP contribution in [0.4, 0.5) is 0 Å². The summed E-state index contributed by atoms with van der Waals surface area (Å²) in [4.78, 5) is 36.8. The van der Waals surface area contributed by atoms with Crippen LogP contribution in [0.25, 0.3) is 0 Å². The van der Waals surface area contributed by atoms with Crippen molar-refractivity contribution in [3.05, 3.63) is 17.5 Å². The van der Waals surface area contributed by atoms with Gasteiger partial charge in [0.2, 0.25) is 5.91 Å². The smallest absolute Gasteiger partial charge is 0.308 e. The zero-order valence-corrected chi connectivity index (χ0v) is 16.3. The van der Waals surface area contributed by atoms with Crippen LogP contribution in [0.1, 0.15) is 68.6 Å². The topological polar surface area (TPSA) is 113 Å². The first-order valence-corrected chi connectivity index (χ1v) is 9.75. The Morgan fingerprint density at radius 2 is 2.07 bits per heavy atom. The largest absolute Gasteiger partial charge is 0.481 e. The number of unbranched alkanes of at least 4 members (excludes halogenated alkanes) is 1. The number of aryl methyl sites for hydroxylation is 2. The molecule has 8 nitrogen and oxygen atoms in total. The molecule has 1 heterocycles. The van der Waals surface area contributed by atoms with E-state index in [-0.39, 0.29) is 17.9 Å². The minimum atomic E-state index is -0.880. The van der Waals surface area contributed by atoms with Crippen molar-refractivity contribution in [2.24, 2.45) is 5.92 Å². The Labute approximate surface area is 159 Å². The number of carboxylic acids is 1. The number of hydrogen-bond donors (Lipinski definition) is 3. The minimum absolute atomic E-state index is 0.311. The lowest BCUT2D eigenvalue weighted by atomic mass is 10.0. The van der Waals surface area contributed by atoms with Gasteiger partial charge in [0.05, 0.1) is 11.6 Å². The van der Waals surface area contributed by atoms with Crippen molar-refractivity contribution >= 4 is 17.8 Å². The summed E-state index contributed by atoms with van der Waals surface area (Å²) in [5.41, 5.74) is 1.17. The van der Waals surface area contributed by atoms with E-state index >= 15 is 0 Å². The van der Waals surface area contributed by atoms with E-state index in [9.17, 15) is 19.5 Å². The number of nitrogens with one attached hydrogen (secondary N) is 2. The molecule has 8 heteroatoms. The Bertz CT molecular complexity index is 685. The number of nitrogens with zero attached hydrogens (tertiary/aromatic N) is 2. The Hall–Kier alpha value is -2.38. The maximum Gasteiger partial charge on any atom is 0.308 e. The lowest BCUT2D eigenvalue weighted by Gasteiger charge is -2.23. The Kier molecular flexibility index (Phi) is 7.38. The summed E-state index contributed by atoms with van der Waals surface area (Å²) in [5.74, 6) is -2.08. The fourth-order valence-electron chi connectivity index (χ4n) is 3.59. The van der Waals surface area contributed by atoms with Crippen molar-refractivity contribution in [1.29, 1.82) is 0 Å². The summed E-state index contributed by atoms with van der Waals surface area (Å²) < 4.78 is 1.61. The van der Waals surface area contributed by atoms with Crippen LogP contribution in [0.2, 0.25) is 0 Å². The van der Waals surface area contributed by atoms with Crippen LogP contribution in [0.15, 0.2) is 6.07 Å². The maximum atomic E-state index is 12.8. The molecule has 3 atom stereocenters. The molecule has 1 saturated carbocycles. The number of amides is 2. The van der Waals surface area contributed by atoms with Crippen molar-refractivity contribution in [3.63, 3.8) is 0 Å². The molecule has 0 saturated heterocycles. The molecule has 150 valence electrons. The van der Waals surface area contributed by atoms with Gasteiger partial charge in [-0.1, -0.05) is 26.2 Å². The molecular formula is C19H30N4O4. The lowest BCUT2D eigenvalue weighted by Crippen LogP contribution is -2.51. The quantitative estimate of drug-likeness (QED) is 0.607. The number of aromatic nitrogens is 2. The first kappa shape index (κ1) is 20.9. The average Bonchev–Trinajstić information content (AvgIpc) is 3.24. The van der Waals surface area contributed by atoms with Crippen LogP contribution in [0.5, 0.6) is 0 Å². The van der Waals surface area contributed by atoms with Crippen LogP contribution in [-0.2, 0) is 16.1 Å². The third-order valence-electron chi connectivity index (χ3n) is 5.06. The summed E-state index contributed by atoms with van der Waals surface area (Å²) >= 11 is 0. The van der Waals surface area contributed by atoms with Crippen molar-refractivity contribution in [2.45, 2.75) is 77.9 Å². The van der Waals surface area contributed by atoms with E-state index in [1.165, 1.54) is 0 Å². The van der Waals surface area contributed by atoms with E-state index in [1.54, 1.807) is 10.7 Å². The molecule has 0 bridgehead atoms. The Balaban J connectivity index is 2.08. The fourth-order valence-corrected chi connectivity index (χ4v) is 3.59. The number of aliphatic carboxylic acids is 1. The monoisotopic (exact) mass is 378 g/mol. The van der Waals surface area contributed by atoms with Crippen molar-refractivity contribution in [2.75, 3.05) is 0 Å². The molecule has 3 N–H and O–H groups in total. The second-order valence-electron chi connectivity index (χ2n) is 7.15. The molecule has 1 aromatic heterocycles. The zero-order valence-electron chi connectivity index (χ0n) is 16.3. The summed E-state index contributed by atoms with van der Waals surface area (Å²) in [5, 5.41) is 19.2. The summed E-state index contributed by atoms with van der Waals surface area (Å²) in [7, 11) is 0. The van der Waals surface area contributed by atoms with Crippen LogP contribution in [0.3, 0.4) is 0 Å². The Morgan fingerprint density at radius 1 is 1.33 bits per heavy atom. The lowest BCUT2D eigenvalue weighted by molar-refractivity contribution is -0.142. The van der Waals surface area contributed by atoms with Crippen LogP contribution < -0.4 is 10.6 Å². The maximum absolute atomic E-state index is 12.8. The highest BCUT2D eigenvalue weighted by atomic mass is 16.4. The van der Waals surface area contributed by atoms with Gasteiger partial charge in [-0.2, -0.15) is 5.10 Å². The molecule has 1 aliphatic carbocycles. The van der Waals surface area contributed by atoms with Gasteiger partial charge in [0.25, 0.3) is 5.91 Å². The summed E-state index contributed by atoms with van der Waals surface area (Å²) in [6.07, 6.45) is 4.20. The van der Waals surface area contributed by atoms with Crippen LogP contribution in [0, 0.1) is 12.8 Å². The normalized spacial score (nSPS) is 20.3. The van der Waals surface area contributed by atoms with E-state index in [2.05, 4.69) is 15.7 Å². The van der Waals surface area contributed by atoms with Gasteiger partial charge in [-0.3, -0.25) is 19.1 Å². The molecule has 0 spiro atoms. The molecule has 2 amide bonds. The molecule has 2 rings (SSSR count). The highest BCUT2D eigenvalue weighted by molar-refractivity contribution is 5.96. The van der Waals surface area contributed by atoms with Gasteiger partial charge in [-0.05, 0) is 39.2 Å². The summed E-state index contributed by atoms with van der Waals surface area (Å²) in [6, 6.07) is 0.637. The van der Waals surface area contributed by atoms with Gasteiger partial charge in [0.1, 0.15) is 11.7 Å². The van der Waals surface area contributed by atoms with Gasteiger partial charge in [0.15, 0.2) is 0 Å². The molecule has 0 unspecified atom stereocenters. The van der Waals surface area contributed by atoms with E-state index < -0.39 is 17.9 Å². The Morgan fingerprint density at radius 3 is 2.70 bits per heavy atom. The molecule has 0 aromatic carbocycles. The molecule has 1 aromatic rings. The van der Waals surface area contributed by atoms with Crippen LogP contribution in [-0.4, -0.2) is 44.8 Å². The first-order chi connectivity index (χ1) is 12.9. The van der Waals surface area contributed by atoms with E-state index in [0.29, 0.717) is 31.5 Å². The van der Waals surface area contributed by atoms with Gasteiger partial charge in [-0.15, -0.1) is 0 Å². The van der Waals surface area contributed by atoms with Gasteiger partial charge < -0.3 is 15.7 Å². The third-order valence-corrected chi connectivity index (χ3v) is 5.06. The van der Waals surface area contributed by atoms with Gasteiger partial charge >= 0.3 is 5.97 Å². The van der Waals surface area contributed by atoms with Crippen LogP contribution >= 0.6 is 0 Å². The number of rotatable bonds is 9. The molecular weight excluding hydrogens is 348 g/mol. The second kappa shape index (κ2) is 9.53. The fraction of sp³-hybridized carbons (Fsp3) is 0.684. The number of carbonyl (C=O) groups is 3. The zero-order chi connectivity index (χ0) is 20.0. The first-order valence-electron chi connectivity index (χ1n) is 9.75. The molecule has 27 heavy (non-hydrogen) atoms. The van der Waals surface area contributed by atoms with E-state index in [4.69, 9.17) is 0 Å². The molecule has 0 radical (unpaired) electrons. The highest BCUT2D eigenvalue weighted by Crippen LogP contribution is 2.26. The van der Waals surface area contributed by atoms with E-state index in [1.807, 2.05) is 20.8 Å². The molecule has 1 aliphatic rings. The standard InChI is InChI=1S/C19H30N4O4/c1-4-6-9-15(17(24)20-14-10-7-8-13(14)19(26)27)21-18(25)16-11-12(3)22-23(16)5-2/h11,13-15H,4-10H2,1-3H3,(H,20,24)(H,21,25)(H,26,27)/t13-,14+,15+/m1/s1. The number of carbonyl (C=O) groups excluding carboxylic acids is 2. The SMILES string of the molecule is CCCC[C@H](NC(=O)c1cc(C)nn1CC)C(=O)N[C@H]1CCC[C@H]1C(=O)O. The molecule has 0 aliphatic heterocycles. The number of carboxylic acid groups (broad SMARTS) is 1. The van der Waals surface area contributed by atoms with Crippen molar-refractivity contribution < 1.29 is 19.5 Å². The van der Waals surface area contributed by atoms with E-state index in [0.717, 1.165) is 25.0 Å². The van der Waals surface area contributed by atoms with Gasteiger partial charge in [0, 0.05) is 12.6 Å². The number of hydrogen-bond acceptors (Lipinski definition) is 4. The third kappa shape index (κ3) is 5.30. The molecule has 1 fully saturated rings. The van der Waals surface area contributed by atoms with Crippen molar-refractivity contribution in [1.82, 2.24) is 20.4 Å². The second-order valence-corrected chi connectivity index (χ2v) is 7.15. The highest BCUT2D eigenvalue weighted by Gasteiger charge is 2.35.